The zero-order valence-corrected chi connectivity index (χ0v) is 11.8. The number of nitrogens with zero attached hydrogens (tertiary/aromatic N) is 1. The maximum absolute atomic E-state index is 11.8. The lowest BCUT2D eigenvalue weighted by Crippen LogP contribution is -2.54. The van der Waals surface area contributed by atoms with E-state index in [1.54, 1.807) is 7.11 Å². The van der Waals surface area contributed by atoms with Gasteiger partial charge in [0.15, 0.2) is 0 Å². The summed E-state index contributed by atoms with van der Waals surface area (Å²) < 4.78 is 5.44. The van der Waals surface area contributed by atoms with Crippen LogP contribution in [-0.2, 0) is 4.79 Å². The number of aliphatic carboxylic acids is 1. The van der Waals surface area contributed by atoms with Gasteiger partial charge in [-0.1, -0.05) is 12.1 Å². The molecule has 0 saturated carbocycles. The van der Waals surface area contributed by atoms with Gasteiger partial charge in [-0.05, 0) is 24.6 Å². The summed E-state index contributed by atoms with van der Waals surface area (Å²) in [6.07, 6.45) is 0.961. The molecule has 3 unspecified atom stereocenters. The average molecular weight is 276 g/mol. The van der Waals surface area contributed by atoms with Gasteiger partial charge in [0.1, 0.15) is 5.75 Å². The average Bonchev–Trinajstić information content (AvgIpc) is 2.46. The fourth-order valence-electron chi connectivity index (χ4n) is 3.73. The van der Waals surface area contributed by atoms with Gasteiger partial charge in [0.05, 0.1) is 18.7 Å². The molecule has 0 aromatic heterocycles. The molecular formula is C15H20N2O3. The van der Waals surface area contributed by atoms with Crippen LogP contribution in [-0.4, -0.2) is 44.4 Å². The summed E-state index contributed by atoms with van der Waals surface area (Å²) in [5.74, 6) is -0.348. The number of hydrogen-bond acceptors (Lipinski definition) is 4. The summed E-state index contributed by atoms with van der Waals surface area (Å²) >= 11 is 0. The first-order valence-corrected chi connectivity index (χ1v) is 6.98. The Balaban J connectivity index is 2.16. The Labute approximate surface area is 118 Å². The molecule has 0 radical (unpaired) electrons. The number of carboxylic acids is 1. The highest BCUT2D eigenvalue weighted by molar-refractivity contribution is 5.83. The van der Waals surface area contributed by atoms with Crippen LogP contribution in [0.3, 0.4) is 0 Å². The number of fused-ring (bicyclic) bond motifs is 2. The molecule has 0 amide bonds. The summed E-state index contributed by atoms with van der Waals surface area (Å²) in [7, 11) is 3.68. The predicted molar refractivity (Wildman–Crippen MR) is 76.5 cm³/mol. The van der Waals surface area contributed by atoms with E-state index >= 15 is 0 Å². The number of benzene rings is 1. The van der Waals surface area contributed by atoms with Crippen LogP contribution >= 0.6 is 0 Å². The Bertz CT molecular complexity index is 532. The molecule has 3 rings (SSSR count). The SMILES string of the molecule is COc1cccc2c1N(C)C1CCNCC1C2C(=O)O. The molecule has 0 spiro atoms. The van der Waals surface area contributed by atoms with Crippen molar-refractivity contribution >= 4 is 11.7 Å². The molecule has 0 bridgehead atoms. The van der Waals surface area contributed by atoms with Gasteiger partial charge in [-0.3, -0.25) is 4.79 Å². The van der Waals surface area contributed by atoms with Crippen molar-refractivity contribution in [1.29, 1.82) is 0 Å². The molecule has 3 atom stereocenters. The summed E-state index contributed by atoms with van der Waals surface area (Å²) in [6.45, 7) is 1.69. The summed E-state index contributed by atoms with van der Waals surface area (Å²) in [6, 6.07) is 5.94. The molecule has 2 heterocycles. The normalized spacial score (nSPS) is 28.5. The number of ether oxygens (including phenoxy) is 1. The van der Waals surface area contributed by atoms with Crippen LogP contribution in [0.2, 0.25) is 0 Å². The summed E-state index contributed by atoms with van der Waals surface area (Å²) in [5.41, 5.74) is 1.80. The highest BCUT2D eigenvalue weighted by Gasteiger charge is 2.45. The van der Waals surface area contributed by atoms with Crippen molar-refractivity contribution in [2.24, 2.45) is 5.92 Å². The maximum atomic E-state index is 11.8. The van der Waals surface area contributed by atoms with Gasteiger partial charge < -0.3 is 20.1 Å². The van der Waals surface area contributed by atoms with E-state index in [9.17, 15) is 9.90 Å². The number of hydrogen-bond donors (Lipinski definition) is 2. The number of carboxylic acid groups (broad SMARTS) is 1. The number of anilines is 1. The lowest BCUT2D eigenvalue weighted by Gasteiger charge is -2.47. The number of piperidine rings is 1. The third-order valence-electron chi connectivity index (χ3n) is 4.62. The lowest BCUT2D eigenvalue weighted by molar-refractivity contribution is -0.140. The molecule has 20 heavy (non-hydrogen) atoms. The first-order chi connectivity index (χ1) is 9.65. The van der Waals surface area contributed by atoms with Crippen LogP contribution in [0.25, 0.3) is 0 Å². The van der Waals surface area contributed by atoms with E-state index < -0.39 is 11.9 Å². The molecule has 2 N–H and O–H groups in total. The van der Waals surface area contributed by atoms with Crippen molar-refractivity contribution in [2.45, 2.75) is 18.4 Å². The minimum Gasteiger partial charge on any atom is -0.495 e. The molecule has 1 fully saturated rings. The first kappa shape index (κ1) is 13.2. The molecule has 0 aliphatic carbocycles. The molecule has 2 aliphatic rings. The predicted octanol–water partition coefficient (Wildman–Crippen LogP) is 1.29. The minimum absolute atomic E-state index is 0.103. The minimum atomic E-state index is -0.744. The Morgan fingerprint density at radius 2 is 2.30 bits per heavy atom. The smallest absolute Gasteiger partial charge is 0.311 e. The van der Waals surface area contributed by atoms with Crippen LogP contribution < -0.4 is 15.0 Å². The third kappa shape index (κ3) is 1.85. The van der Waals surface area contributed by atoms with Gasteiger partial charge in [0.2, 0.25) is 0 Å². The Morgan fingerprint density at radius 3 is 3.00 bits per heavy atom. The standard InChI is InChI=1S/C15H20N2O3/c1-17-11-6-7-16-8-10(11)13(15(18)19)9-4-3-5-12(20-2)14(9)17/h3-5,10-11,13,16H,6-8H2,1-2H3,(H,18,19). The fourth-order valence-corrected chi connectivity index (χ4v) is 3.73. The van der Waals surface area contributed by atoms with Crippen LogP contribution in [0.5, 0.6) is 5.75 Å². The zero-order chi connectivity index (χ0) is 14.3. The zero-order valence-electron chi connectivity index (χ0n) is 11.8. The second-order valence-electron chi connectivity index (χ2n) is 5.55. The van der Waals surface area contributed by atoms with Crippen LogP contribution in [0.4, 0.5) is 5.69 Å². The maximum Gasteiger partial charge on any atom is 0.311 e. The Hall–Kier alpha value is -1.75. The number of carbonyl (C=O) groups is 1. The van der Waals surface area contributed by atoms with E-state index in [1.165, 1.54) is 0 Å². The number of nitrogens with one attached hydrogen (secondary N) is 1. The third-order valence-corrected chi connectivity index (χ3v) is 4.62. The monoisotopic (exact) mass is 276 g/mol. The molecule has 108 valence electrons. The number of rotatable bonds is 2. The van der Waals surface area contributed by atoms with Crippen molar-refractivity contribution in [3.63, 3.8) is 0 Å². The van der Waals surface area contributed by atoms with E-state index in [2.05, 4.69) is 10.2 Å². The van der Waals surface area contributed by atoms with Crippen molar-refractivity contribution in [2.75, 3.05) is 32.1 Å². The van der Waals surface area contributed by atoms with Gasteiger partial charge in [0.25, 0.3) is 0 Å². The van der Waals surface area contributed by atoms with Crippen molar-refractivity contribution in [1.82, 2.24) is 5.32 Å². The van der Waals surface area contributed by atoms with E-state index in [-0.39, 0.29) is 12.0 Å². The van der Waals surface area contributed by atoms with Crippen molar-refractivity contribution in [3.8, 4) is 5.75 Å². The topological polar surface area (TPSA) is 61.8 Å². The number of para-hydroxylation sites is 1. The van der Waals surface area contributed by atoms with Crippen molar-refractivity contribution in [3.05, 3.63) is 23.8 Å². The second kappa shape index (κ2) is 4.98. The molecule has 5 nitrogen and oxygen atoms in total. The molecule has 1 aromatic carbocycles. The molecule has 2 aliphatic heterocycles. The summed E-state index contributed by atoms with van der Waals surface area (Å²) in [5, 5.41) is 13.0. The largest absolute Gasteiger partial charge is 0.495 e. The van der Waals surface area contributed by atoms with E-state index in [1.807, 2.05) is 25.2 Å². The van der Waals surface area contributed by atoms with E-state index in [0.29, 0.717) is 0 Å². The van der Waals surface area contributed by atoms with E-state index in [0.717, 1.165) is 36.5 Å². The number of methoxy groups -OCH3 is 1. The second-order valence-corrected chi connectivity index (χ2v) is 5.55. The molecule has 5 heteroatoms. The lowest BCUT2D eigenvalue weighted by atomic mass is 9.74. The van der Waals surface area contributed by atoms with Crippen LogP contribution in [0.1, 0.15) is 17.9 Å². The van der Waals surface area contributed by atoms with Gasteiger partial charge >= 0.3 is 5.97 Å². The molecule has 1 aromatic rings. The quantitative estimate of drug-likeness (QED) is 0.852. The van der Waals surface area contributed by atoms with Gasteiger partial charge in [-0.25, -0.2) is 0 Å². The van der Waals surface area contributed by atoms with Crippen molar-refractivity contribution < 1.29 is 14.6 Å². The first-order valence-electron chi connectivity index (χ1n) is 6.98. The highest BCUT2D eigenvalue weighted by atomic mass is 16.5. The van der Waals surface area contributed by atoms with Gasteiger partial charge in [0, 0.05) is 25.6 Å². The Kier molecular flexibility index (Phi) is 3.30. The van der Waals surface area contributed by atoms with Crippen LogP contribution in [0.15, 0.2) is 18.2 Å². The summed E-state index contributed by atoms with van der Waals surface area (Å²) in [4.78, 5) is 14.0. The molecular weight excluding hydrogens is 256 g/mol. The van der Waals surface area contributed by atoms with Gasteiger partial charge in [-0.15, -0.1) is 0 Å². The highest BCUT2D eigenvalue weighted by Crippen LogP contribution is 2.47. The Morgan fingerprint density at radius 1 is 1.50 bits per heavy atom. The molecule has 1 saturated heterocycles. The van der Waals surface area contributed by atoms with Crippen LogP contribution in [0, 0.1) is 5.92 Å². The van der Waals surface area contributed by atoms with E-state index in [4.69, 9.17) is 4.74 Å². The van der Waals surface area contributed by atoms with Gasteiger partial charge in [-0.2, -0.15) is 0 Å². The fraction of sp³-hybridized carbons (Fsp3) is 0.533.